The number of aryl methyl sites for hydroxylation is 1. The van der Waals surface area contributed by atoms with Crippen LogP contribution in [0.4, 0.5) is 56.9 Å². The van der Waals surface area contributed by atoms with Crippen molar-refractivity contribution in [2.24, 2.45) is 0 Å². The van der Waals surface area contributed by atoms with Gasteiger partial charge in [-0.05, 0) is 62.6 Å². The van der Waals surface area contributed by atoms with Crippen LogP contribution >= 0.6 is 0 Å². The van der Waals surface area contributed by atoms with Crippen molar-refractivity contribution in [2.45, 2.75) is 6.92 Å². The summed E-state index contributed by atoms with van der Waals surface area (Å²) in [4.78, 5) is 12.4. The van der Waals surface area contributed by atoms with Gasteiger partial charge < -0.3 is 34.5 Å². The molecule has 3 aliphatic heterocycles. The van der Waals surface area contributed by atoms with Crippen LogP contribution in [0.3, 0.4) is 0 Å². The van der Waals surface area contributed by atoms with Crippen molar-refractivity contribution in [1.82, 2.24) is 0 Å². The Morgan fingerprint density at radius 3 is 1.48 bits per heavy atom. The number of phenols is 1. The van der Waals surface area contributed by atoms with Gasteiger partial charge in [-0.25, -0.2) is 0 Å². The number of para-hydroxylation sites is 8. The molecule has 1 radical (unpaired) electrons. The monoisotopic (exact) mass is 857 g/mol. The van der Waals surface area contributed by atoms with Crippen LogP contribution in [0.2, 0.25) is 0 Å². The van der Waals surface area contributed by atoms with Gasteiger partial charge in [0.1, 0.15) is 5.75 Å². The Kier molecular flexibility index (Phi) is 9.53. The summed E-state index contributed by atoms with van der Waals surface area (Å²) in [7, 11) is 4.04. The van der Waals surface area contributed by atoms with Crippen LogP contribution in [0.25, 0.3) is 0 Å². The zero-order chi connectivity index (χ0) is 35.1. The average Bonchev–Trinajstić information content (AvgIpc) is 3.84. The fraction of sp³-hybridized carbons (Fsp3) is 0.0698. The van der Waals surface area contributed by atoms with Gasteiger partial charge in [0, 0.05) is 54.2 Å². The number of hydrogen-bond acceptors (Lipinski definition) is 8. The summed E-state index contributed by atoms with van der Waals surface area (Å²) in [5.41, 5.74) is 11.7. The molecule has 0 atom stereocenters. The molecule has 1 N–H and O–H groups in total. The molecule has 9 heteroatoms. The van der Waals surface area contributed by atoms with Crippen molar-refractivity contribution >= 4 is 56.9 Å². The third kappa shape index (κ3) is 6.28. The Morgan fingerprint density at radius 1 is 0.558 bits per heavy atom. The number of phenolic OH excluding ortho intramolecular Hbond substituents is 1. The van der Waals surface area contributed by atoms with E-state index in [0.29, 0.717) is 5.56 Å². The van der Waals surface area contributed by atoms with Gasteiger partial charge in [0.05, 0.1) is 11.8 Å². The molecule has 3 aliphatic rings. The van der Waals surface area contributed by atoms with E-state index < -0.39 is 0 Å². The van der Waals surface area contributed by atoms with Crippen molar-refractivity contribution in [2.75, 3.05) is 43.5 Å². The second-order valence-electron chi connectivity index (χ2n) is 12.5. The van der Waals surface area contributed by atoms with E-state index in [4.69, 9.17) is 0 Å². The minimum Gasteiger partial charge on any atom is -0.506 e. The SMILES string of the molecule is CN1[CH-]N(c2[c-]c(N3[CH-]N(C)c4ccccc43)cc(C#N)c2)c2ccccc21.Cc1c[c-]c(N2[CH-]N(c3ccccc3O)c3ccccc32)cc1.[Ir]. The van der Waals surface area contributed by atoms with Crippen LogP contribution in [0.1, 0.15) is 11.1 Å². The van der Waals surface area contributed by atoms with Crippen LogP contribution < -0.4 is 29.4 Å². The molecule has 0 fully saturated rings. The maximum absolute atomic E-state index is 10.2. The van der Waals surface area contributed by atoms with Crippen molar-refractivity contribution in [3.63, 3.8) is 0 Å². The minimum atomic E-state index is 0. The predicted octanol–water partition coefficient (Wildman–Crippen LogP) is 9.68. The summed E-state index contributed by atoms with van der Waals surface area (Å²) in [5, 5.41) is 19.8. The van der Waals surface area contributed by atoms with Gasteiger partial charge in [-0.1, -0.05) is 61.0 Å². The fourth-order valence-corrected chi connectivity index (χ4v) is 6.58. The zero-order valence-electron chi connectivity index (χ0n) is 28.8. The van der Waals surface area contributed by atoms with Gasteiger partial charge in [-0.3, -0.25) is 0 Å². The predicted molar refractivity (Wildman–Crippen MR) is 206 cm³/mol. The molecule has 6 aromatic rings. The molecule has 8 nitrogen and oxygen atoms in total. The second kappa shape index (κ2) is 14.4. The minimum absolute atomic E-state index is 0. The van der Waals surface area contributed by atoms with Crippen LogP contribution in [0.5, 0.6) is 5.75 Å². The molecule has 6 aromatic carbocycles. The second-order valence-corrected chi connectivity index (χ2v) is 12.5. The first kappa shape index (κ1) is 34.5. The molecule has 9 rings (SSSR count). The first-order chi connectivity index (χ1) is 24.9. The summed E-state index contributed by atoms with van der Waals surface area (Å²) < 4.78 is 0. The van der Waals surface area contributed by atoms with Gasteiger partial charge in [0.25, 0.3) is 0 Å². The number of hydrogen-bond donors (Lipinski definition) is 1. The molecule has 0 amide bonds. The zero-order valence-corrected chi connectivity index (χ0v) is 31.2. The van der Waals surface area contributed by atoms with E-state index in [1.165, 1.54) is 5.56 Å². The third-order valence-corrected chi connectivity index (χ3v) is 9.09. The summed E-state index contributed by atoms with van der Waals surface area (Å²) in [6.07, 6.45) is 0. The van der Waals surface area contributed by atoms with Gasteiger partial charge in [-0.2, -0.15) is 42.4 Å². The van der Waals surface area contributed by atoms with Crippen molar-refractivity contribution in [3.05, 3.63) is 171 Å². The molecular weight excluding hydrogens is 823 g/mol. The van der Waals surface area contributed by atoms with Crippen LogP contribution in [-0.4, -0.2) is 19.2 Å². The maximum atomic E-state index is 10.2. The van der Waals surface area contributed by atoms with Gasteiger partial charge >= 0.3 is 0 Å². The van der Waals surface area contributed by atoms with E-state index >= 15 is 0 Å². The number of aromatic hydroxyl groups is 1. The van der Waals surface area contributed by atoms with Gasteiger partial charge in [0.2, 0.25) is 0 Å². The largest absolute Gasteiger partial charge is 0.506 e. The molecule has 0 bridgehead atoms. The number of rotatable bonds is 4. The molecular formula is C43H34IrN7O-5. The smallest absolute Gasteiger partial charge is 0.136 e. The molecule has 0 unspecified atom stereocenters. The van der Waals surface area contributed by atoms with E-state index in [1.54, 1.807) is 6.07 Å². The number of fused-ring (bicyclic) bond motifs is 3. The van der Waals surface area contributed by atoms with E-state index in [0.717, 1.165) is 56.9 Å². The number of benzene rings is 6. The number of nitrogens with zero attached hydrogens (tertiary/aromatic N) is 7. The standard InChI is InChI=1S/C23H18N5.C20H16N2O.Ir/c1-25-15-27(22-9-5-3-7-20(22)25)18-11-17(14-24)12-19(13-18)28-16-26(2)21-8-4-6-10-23(21)28;1-15-10-12-16(13-11-15)21-14-22(18-7-3-2-6-17(18)21)19-8-4-5-9-20(19)23;/h3-12,15-16H,1-2H3;2-12,14,23H,1H3;/q-3;-2;. The Balaban J connectivity index is 0.000000162. The van der Waals surface area contributed by atoms with Crippen molar-refractivity contribution in [1.29, 1.82) is 5.26 Å². The molecule has 0 aliphatic carbocycles. The first-order valence-electron chi connectivity index (χ1n) is 16.6. The van der Waals surface area contributed by atoms with Crippen molar-refractivity contribution < 1.29 is 25.2 Å². The summed E-state index contributed by atoms with van der Waals surface area (Å²) >= 11 is 0. The Labute approximate surface area is 318 Å². The third-order valence-electron chi connectivity index (χ3n) is 9.09. The Morgan fingerprint density at radius 2 is 1.00 bits per heavy atom. The molecule has 52 heavy (non-hydrogen) atoms. The van der Waals surface area contributed by atoms with E-state index in [9.17, 15) is 10.4 Å². The number of nitriles is 1. The molecule has 0 spiro atoms. The summed E-state index contributed by atoms with van der Waals surface area (Å²) in [6.45, 7) is 8.08. The van der Waals surface area contributed by atoms with Crippen LogP contribution in [0, 0.1) is 50.4 Å². The molecule has 0 saturated carbocycles. The molecule has 0 aromatic heterocycles. The topological polar surface area (TPSA) is 63.5 Å². The summed E-state index contributed by atoms with van der Waals surface area (Å²) in [6, 6.07) is 50.9. The maximum Gasteiger partial charge on any atom is 0.136 e. The summed E-state index contributed by atoms with van der Waals surface area (Å²) in [5.74, 6) is 0.258. The van der Waals surface area contributed by atoms with E-state index in [2.05, 4.69) is 92.1 Å². The van der Waals surface area contributed by atoms with Crippen LogP contribution in [0.15, 0.2) is 127 Å². The number of anilines is 10. The first-order valence-corrected chi connectivity index (χ1v) is 16.6. The molecule has 0 saturated heterocycles. The Hall–Kier alpha value is -5.94. The molecule has 261 valence electrons. The van der Waals surface area contributed by atoms with Gasteiger partial charge in [0.15, 0.2) is 0 Å². The quantitative estimate of drug-likeness (QED) is 0.176. The van der Waals surface area contributed by atoms with Crippen molar-refractivity contribution in [3.8, 4) is 11.8 Å². The van der Waals surface area contributed by atoms with Crippen LogP contribution in [-0.2, 0) is 20.1 Å². The van der Waals surface area contributed by atoms with Gasteiger partial charge in [-0.15, -0.1) is 48.0 Å². The fourth-order valence-electron chi connectivity index (χ4n) is 6.58. The molecule has 3 heterocycles. The van der Waals surface area contributed by atoms with E-state index in [-0.39, 0.29) is 25.9 Å². The normalized spacial score (nSPS) is 13.9. The van der Waals surface area contributed by atoms with E-state index in [1.807, 2.05) is 118 Å². The average molecular weight is 857 g/mol. The Bertz CT molecular complexity index is 2190.